The van der Waals surface area contributed by atoms with Crippen LogP contribution >= 0.6 is 0 Å². The molecular formula is C16H18FN3. The Morgan fingerprint density at radius 1 is 1.25 bits per heavy atom. The minimum absolute atomic E-state index is 0.150. The lowest BCUT2D eigenvalue weighted by atomic mass is 10.1. The number of pyridine rings is 1. The molecule has 20 heavy (non-hydrogen) atoms. The second-order valence-electron chi connectivity index (χ2n) is 5.16. The summed E-state index contributed by atoms with van der Waals surface area (Å²) in [5, 5.41) is 0. The van der Waals surface area contributed by atoms with Gasteiger partial charge in [0.05, 0.1) is 11.9 Å². The Hall–Kier alpha value is -1.94. The van der Waals surface area contributed by atoms with E-state index in [0.717, 1.165) is 31.6 Å². The Bertz CT molecular complexity index is 583. The van der Waals surface area contributed by atoms with E-state index >= 15 is 0 Å². The Morgan fingerprint density at radius 2 is 2.10 bits per heavy atom. The highest BCUT2D eigenvalue weighted by molar-refractivity contribution is 5.57. The van der Waals surface area contributed by atoms with Crippen molar-refractivity contribution in [3.8, 4) is 0 Å². The first-order valence-corrected chi connectivity index (χ1v) is 6.94. The number of hydrogen-bond donors (Lipinski definition) is 1. The molecule has 2 N–H and O–H groups in total. The number of nitrogens with zero attached hydrogens (tertiary/aromatic N) is 2. The SMILES string of the molecule is NC(CCN1CCc2ccccc21)c1ccc(F)cn1. The maximum Gasteiger partial charge on any atom is 0.141 e. The van der Waals surface area contributed by atoms with Gasteiger partial charge in [0, 0.05) is 24.8 Å². The van der Waals surface area contributed by atoms with Gasteiger partial charge < -0.3 is 10.6 Å². The highest BCUT2D eigenvalue weighted by Crippen LogP contribution is 2.28. The molecule has 1 aliphatic rings. The molecule has 1 unspecified atom stereocenters. The average molecular weight is 271 g/mol. The van der Waals surface area contributed by atoms with Crippen molar-refractivity contribution in [2.75, 3.05) is 18.0 Å². The molecule has 104 valence electrons. The molecule has 1 aromatic carbocycles. The van der Waals surface area contributed by atoms with Crippen LogP contribution in [0.2, 0.25) is 0 Å². The van der Waals surface area contributed by atoms with Gasteiger partial charge in [-0.3, -0.25) is 4.98 Å². The lowest BCUT2D eigenvalue weighted by molar-refractivity contribution is 0.597. The third kappa shape index (κ3) is 2.65. The van der Waals surface area contributed by atoms with Crippen molar-refractivity contribution >= 4 is 5.69 Å². The van der Waals surface area contributed by atoms with E-state index < -0.39 is 0 Å². The molecule has 0 aliphatic carbocycles. The molecule has 0 fully saturated rings. The first-order valence-electron chi connectivity index (χ1n) is 6.94. The predicted octanol–water partition coefficient (Wildman–Crippen LogP) is 2.67. The summed E-state index contributed by atoms with van der Waals surface area (Å²) in [6, 6.07) is 11.4. The molecule has 3 rings (SSSR count). The normalized spacial score (nSPS) is 15.2. The van der Waals surface area contributed by atoms with E-state index in [1.165, 1.54) is 23.5 Å². The molecule has 0 amide bonds. The summed E-state index contributed by atoms with van der Waals surface area (Å²) in [5.74, 6) is -0.325. The minimum atomic E-state index is -0.325. The van der Waals surface area contributed by atoms with Crippen LogP contribution in [0.25, 0.3) is 0 Å². The van der Waals surface area contributed by atoms with E-state index in [4.69, 9.17) is 5.73 Å². The van der Waals surface area contributed by atoms with E-state index in [1.54, 1.807) is 6.07 Å². The molecule has 1 aliphatic heterocycles. The van der Waals surface area contributed by atoms with Gasteiger partial charge in [0.25, 0.3) is 0 Å². The topological polar surface area (TPSA) is 42.1 Å². The van der Waals surface area contributed by atoms with Gasteiger partial charge in [-0.25, -0.2) is 4.39 Å². The molecule has 0 saturated heterocycles. The molecule has 0 spiro atoms. The van der Waals surface area contributed by atoms with E-state index in [9.17, 15) is 4.39 Å². The summed E-state index contributed by atoms with van der Waals surface area (Å²) in [6.45, 7) is 1.94. The Morgan fingerprint density at radius 3 is 2.90 bits per heavy atom. The maximum atomic E-state index is 12.8. The van der Waals surface area contributed by atoms with Crippen molar-refractivity contribution in [2.45, 2.75) is 18.9 Å². The standard InChI is InChI=1S/C16H18FN3/c17-13-5-6-15(19-11-13)14(18)8-10-20-9-7-12-3-1-2-4-16(12)20/h1-6,11,14H,7-10,18H2. The molecule has 0 bridgehead atoms. The molecular weight excluding hydrogens is 253 g/mol. The highest BCUT2D eigenvalue weighted by atomic mass is 19.1. The minimum Gasteiger partial charge on any atom is -0.371 e. The summed E-state index contributed by atoms with van der Waals surface area (Å²) in [4.78, 5) is 6.41. The maximum absolute atomic E-state index is 12.8. The smallest absolute Gasteiger partial charge is 0.141 e. The van der Waals surface area contributed by atoms with Gasteiger partial charge in [-0.15, -0.1) is 0 Å². The number of para-hydroxylation sites is 1. The van der Waals surface area contributed by atoms with Crippen LogP contribution in [-0.4, -0.2) is 18.1 Å². The molecule has 3 nitrogen and oxygen atoms in total. The lowest BCUT2D eigenvalue weighted by Crippen LogP contribution is -2.25. The first-order chi connectivity index (χ1) is 9.74. The zero-order valence-corrected chi connectivity index (χ0v) is 11.3. The van der Waals surface area contributed by atoms with Crippen molar-refractivity contribution in [3.05, 3.63) is 59.7 Å². The summed E-state index contributed by atoms with van der Waals surface area (Å²) in [7, 11) is 0. The van der Waals surface area contributed by atoms with Crippen LogP contribution in [0, 0.1) is 5.82 Å². The largest absolute Gasteiger partial charge is 0.371 e. The number of anilines is 1. The number of halogens is 1. The fraction of sp³-hybridized carbons (Fsp3) is 0.312. The molecule has 1 aromatic heterocycles. The fourth-order valence-electron chi connectivity index (χ4n) is 2.69. The zero-order valence-electron chi connectivity index (χ0n) is 11.3. The van der Waals surface area contributed by atoms with Crippen molar-refractivity contribution in [1.82, 2.24) is 4.98 Å². The van der Waals surface area contributed by atoms with E-state index in [0.29, 0.717) is 0 Å². The van der Waals surface area contributed by atoms with Crippen molar-refractivity contribution in [2.24, 2.45) is 5.73 Å². The van der Waals surface area contributed by atoms with Gasteiger partial charge in [-0.2, -0.15) is 0 Å². The van der Waals surface area contributed by atoms with Gasteiger partial charge in [0.2, 0.25) is 0 Å². The van der Waals surface area contributed by atoms with Crippen LogP contribution in [0.15, 0.2) is 42.6 Å². The summed E-state index contributed by atoms with van der Waals surface area (Å²) >= 11 is 0. The van der Waals surface area contributed by atoms with E-state index in [-0.39, 0.29) is 11.9 Å². The van der Waals surface area contributed by atoms with Crippen LogP contribution in [-0.2, 0) is 6.42 Å². The van der Waals surface area contributed by atoms with Crippen LogP contribution in [0.3, 0.4) is 0 Å². The van der Waals surface area contributed by atoms with Gasteiger partial charge in [-0.05, 0) is 36.6 Å². The number of rotatable bonds is 4. The first kappa shape index (κ1) is 13.1. The molecule has 2 heterocycles. The monoisotopic (exact) mass is 271 g/mol. The number of nitrogens with two attached hydrogens (primary N) is 1. The zero-order chi connectivity index (χ0) is 13.9. The Labute approximate surface area is 118 Å². The van der Waals surface area contributed by atoms with Crippen molar-refractivity contribution in [3.63, 3.8) is 0 Å². The fourth-order valence-corrected chi connectivity index (χ4v) is 2.69. The van der Waals surface area contributed by atoms with Crippen LogP contribution in [0.5, 0.6) is 0 Å². The molecule has 4 heteroatoms. The third-order valence-corrected chi connectivity index (χ3v) is 3.82. The molecule has 2 aromatic rings. The summed E-state index contributed by atoms with van der Waals surface area (Å²) < 4.78 is 12.8. The van der Waals surface area contributed by atoms with Crippen LogP contribution in [0.4, 0.5) is 10.1 Å². The number of benzene rings is 1. The average Bonchev–Trinajstić information content (AvgIpc) is 2.89. The number of aromatic nitrogens is 1. The van der Waals surface area contributed by atoms with Gasteiger partial charge in [0.15, 0.2) is 0 Å². The van der Waals surface area contributed by atoms with Gasteiger partial charge >= 0.3 is 0 Å². The van der Waals surface area contributed by atoms with Crippen LogP contribution in [0.1, 0.15) is 23.7 Å². The van der Waals surface area contributed by atoms with E-state index in [1.807, 2.05) is 0 Å². The molecule has 1 atom stereocenters. The lowest BCUT2D eigenvalue weighted by Gasteiger charge is -2.21. The second-order valence-corrected chi connectivity index (χ2v) is 5.16. The quantitative estimate of drug-likeness (QED) is 0.929. The molecule has 0 saturated carbocycles. The van der Waals surface area contributed by atoms with Crippen LogP contribution < -0.4 is 10.6 Å². The highest BCUT2D eigenvalue weighted by Gasteiger charge is 2.19. The van der Waals surface area contributed by atoms with Gasteiger partial charge in [0.1, 0.15) is 5.82 Å². The Kier molecular flexibility index (Phi) is 3.65. The second kappa shape index (κ2) is 5.59. The third-order valence-electron chi connectivity index (χ3n) is 3.82. The number of hydrogen-bond acceptors (Lipinski definition) is 3. The van der Waals surface area contributed by atoms with E-state index in [2.05, 4.69) is 34.1 Å². The molecule has 0 radical (unpaired) electrons. The van der Waals surface area contributed by atoms with Crippen molar-refractivity contribution < 1.29 is 4.39 Å². The predicted molar refractivity (Wildman–Crippen MR) is 78.1 cm³/mol. The van der Waals surface area contributed by atoms with Crippen molar-refractivity contribution in [1.29, 1.82) is 0 Å². The number of fused-ring (bicyclic) bond motifs is 1. The summed E-state index contributed by atoms with van der Waals surface area (Å²) in [5.41, 5.74) is 9.60. The van der Waals surface area contributed by atoms with Gasteiger partial charge in [-0.1, -0.05) is 18.2 Å². The Balaban J connectivity index is 1.62. The summed E-state index contributed by atoms with van der Waals surface area (Å²) in [6.07, 6.45) is 3.13.